The van der Waals surface area contributed by atoms with Gasteiger partial charge in [-0.25, -0.2) is 0 Å². The minimum atomic E-state index is -0.121. The van der Waals surface area contributed by atoms with E-state index in [0.29, 0.717) is 5.56 Å². The minimum absolute atomic E-state index is 0.106. The molecule has 1 aliphatic carbocycles. The zero-order valence-electron chi connectivity index (χ0n) is 19.4. The van der Waals surface area contributed by atoms with Gasteiger partial charge in [-0.2, -0.15) is 5.26 Å². The summed E-state index contributed by atoms with van der Waals surface area (Å²) in [6, 6.07) is 20.5. The Morgan fingerprint density at radius 2 is 1.91 bits per heavy atom. The van der Waals surface area contributed by atoms with Crippen LogP contribution in [-0.4, -0.2) is 11.0 Å². The second-order valence-corrected chi connectivity index (χ2v) is 10.6. The number of hydrogen-bond acceptors (Lipinski definition) is 3. The van der Waals surface area contributed by atoms with Crippen LogP contribution >= 0.6 is 27.5 Å². The predicted molar refractivity (Wildman–Crippen MR) is 143 cm³/mol. The van der Waals surface area contributed by atoms with Crippen LogP contribution in [0, 0.1) is 11.3 Å². The van der Waals surface area contributed by atoms with Gasteiger partial charge in [0.2, 0.25) is 0 Å². The third kappa shape index (κ3) is 5.37. The molecule has 34 heavy (non-hydrogen) atoms. The number of rotatable bonds is 8. The third-order valence-electron chi connectivity index (χ3n) is 7.11. The number of aromatic nitrogens is 1. The smallest absolute Gasteiger partial charge is 0.0991 e. The van der Waals surface area contributed by atoms with E-state index in [0.717, 1.165) is 40.0 Å². The number of nitrogens with zero attached hydrogens (tertiary/aromatic N) is 2. The van der Waals surface area contributed by atoms with Crippen molar-refractivity contribution in [1.29, 1.82) is 5.26 Å². The number of allylic oxidation sites excluding steroid dienone is 1. The normalized spacial score (nSPS) is 16.4. The quantitative estimate of drug-likeness (QED) is 0.322. The molecule has 0 aliphatic heterocycles. The van der Waals surface area contributed by atoms with Gasteiger partial charge in [0.15, 0.2) is 0 Å². The van der Waals surface area contributed by atoms with Crippen LogP contribution in [0.25, 0.3) is 0 Å². The van der Waals surface area contributed by atoms with E-state index >= 15 is 0 Å². The van der Waals surface area contributed by atoms with Crippen LogP contribution in [0.5, 0.6) is 0 Å². The van der Waals surface area contributed by atoms with E-state index in [-0.39, 0.29) is 17.4 Å². The molecule has 1 fully saturated rings. The summed E-state index contributed by atoms with van der Waals surface area (Å²) in [4.78, 5) is 4.44. The highest BCUT2D eigenvalue weighted by Crippen LogP contribution is 2.46. The average Bonchev–Trinajstić information content (AvgIpc) is 3.35. The fraction of sp³-hybridized carbons (Fsp3) is 0.310. The third-order valence-corrected chi connectivity index (χ3v) is 7.80. The van der Waals surface area contributed by atoms with Crippen LogP contribution in [-0.2, 0) is 11.8 Å². The first-order chi connectivity index (χ1) is 16.4. The van der Waals surface area contributed by atoms with Gasteiger partial charge in [-0.05, 0) is 89.1 Å². The van der Waals surface area contributed by atoms with Crippen molar-refractivity contribution in [1.82, 2.24) is 10.3 Å². The van der Waals surface area contributed by atoms with Crippen molar-refractivity contribution in [2.24, 2.45) is 0 Å². The van der Waals surface area contributed by atoms with Crippen LogP contribution < -0.4 is 5.32 Å². The number of hydrogen-bond donors (Lipinski definition) is 1. The maximum atomic E-state index is 9.47. The van der Waals surface area contributed by atoms with Gasteiger partial charge in [0.05, 0.1) is 11.6 Å². The Labute approximate surface area is 216 Å². The van der Waals surface area contributed by atoms with Gasteiger partial charge < -0.3 is 5.32 Å². The monoisotopic (exact) mass is 533 g/mol. The van der Waals surface area contributed by atoms with E-state index in [1.165, 1.54) is 24.0 Å². The molecule has 2 aromatic carbocycles. The lowest BCUT2D eigenvalue weighted by atomic mass is 9.76. The topological polar surface area (TPSA) is 48.7 Å². The Morgan fingerprint density at radius 1 is 1.18 bits per heavy atom. The maximum Gasteiger partial charge on any atom is 0.0991 e. The fourth-order valence-corrected chi connectivity index (χ4v) is 5.72. The Hall–Kier alpha value is -2.61. The molecule has 4 rings (SSSR count). The molecule has 0 amide bonds. The zero-order chi connectivity index (χ0) is 24.1. The SMILES string of the molecule is C=C(NC(C)C(Cc1ccc(Cl)cc1)c1cccc(C#N)c1)C1(c2cncc(Br)c2)CCCC1. The first-order valence-corrected chi connectivity index (χ1v) is 12.9. The molecule has 5 heteroatoms. The Morgan fingerprint density at radius 3 is 2.59 bits per heavy atom. The highest BCUT2D eigenvalue weighted by molar-refractivity contribution is 9.10. The van der Waals surface area contributed by atoms with Crippen LogP contribution in [0.2, 0.25) is 5.02 Å². The predicted octanol–water partition coefficient (Wildman–Crippen LogP) is 7.70. The van der Waals surface area contributed by atoms with Gasteiger partial charge >= 0.3 is 0 Å². The molecule has 2 unspecified atom stereocenters. The lowest BCUT2D eigenvalue weighted by Crippen LogP contribution is -2.40. The van der Waals surface area contributed by atoms with Crippen LogP contribution in [0.1, 0.15) is 60.8 Å². The van der Waals surface area contributed by atoms with E-state index in [4.69, 9.17) is 11.6 Å². The Bertz CT molecular complexity index is 1190. The molecular formula is C29H29BrClN3. The Balaban J connectivity index is 1.63. The highest BCUT2D eigenvalue weighted by Gasteiger charge is 2.39. The molecule has 2 atom stereocenters. The summed E-state index contributed by atoms with van der Waals surface area (Å²) in [5, 5.41) is 14.0. The molecule has 1 heterocycles. The van der Waals surface area contributed by atoms with Crippen LogP contribution in [0.3, 0.4) is 0 Å². The summed E-state index contributed by atoms with van der Waals surface area (Å²) in [5.74, 6) is 0.158. The Kier molecular flexibility index (Phi) is 7.76. The summed E-state index contributed by atoms with van der Waals surface area (Å²) in [6.45, 7) is 6.77. The van der Waals surface area contributed by atoms with E-state index in [2.05, 4.69) is 70.1 Å². The molecular weight excluding hydrogens is 506 g/mol. The van der Waals surface area contributed by atoms with Crippen molar-refractivity contribution in [3.63, 3.8) is 0 Å². The van der Waals surface area contributed by atoms with Gasteiger partial charge in [0.1, 0.15) is 0 Å². The molecule has 0 radical (unpaired) electrons. The maximum absolute atomic E-state index is 9.47. The molecule has 0 saturated heterocycles. The standard InChI is InChI=1S/C29H29BrClN3/c1-20(34-21(2)29(12-3-4-13-29)25-16-26(30)19-33-18-25)28(15-22-8-10-27(31)11-9-22)24-7-5-6-23(14-24)17-32/h5-11,14,16,18-20,28,34H,2-4,12-13,15H2,1H3. The van der Waals surface area contributed by atoms with Crippen LogP contribution in [0.4, 0.5) is 0 Å². The average molecular weight is 535 g/mol. The molecule has 1 aliphatic rings. The van der Waals surface area contributed by atoms with E-state index < -0.39 is 0 Å². The lowest BCUT2D eigenvalue weighted by molar-refractivity contribution is 0.420. The molecule has 174 valence electrons. The molecule has 1 aromatic heterocycles. The zero-order valence-corrected chi connectivity index (χ0v) is 21.7. The summed E-state index contributed by atoms with van der Waals surface area (Å²) in [6.07, 6.45) is 9.13. The van der Waals surface area contributed by atoms with Crippen molar-refractivity contribution in [2.45, 2.75) is 56.4 Å². The van der Waals surface area contributed by atoms with Gasteiger partial charge in [-0.15, -0.1) is 0 Å². The molecule has 1 N–H and O–H groups in total. The fourth-order valence-electron chi connectivity index (χ4n) is 5.23. The van der Waals surface area contributed by atoms with Crippen LogP contribution in [0.15, 0.2) is 83.7 Å². The van der Waals surface area contributed by atoms with Crippen molar-refractivity contribution in [3.05, 3.63) is 111 Å². The summed E-state index contributed by atoms with van der Waals surface area (Å²) >= 11 is 9.72. The number of pyridine rings is 1. The minimum Gasteiger partial charge on any atom is -0.385 e. The van der Waals surface area contributed by atoms with E-state index in [1.54, 1.807) is 0 Å². The van der Waals surface area contributed by atoms with Gasteiger partial charge in [0.25, 0.3) is 0 Å². The number of nitrogens with one attached hydrogen (secondary N) is 1. The first-order valence-electron chi connectivity index (χ1n) is 11.7. The second-order valence-electron chi connectivity index (χ2n) is 9.27. The lowest BCUT2D eigenvalue weighted by Gasteiger charge is -2.36. The number of halogens is 2. The second kappa shape index (κ2) is 10.8. The summed E-state index contributed by atoms with van der Waals surface area (Å²) in [7, 11) is 0. The van der Waals surface area contributed by atoms with Crippen molar-refractivity contribution >= 4 is 27.5 Å². The largest absolute Gasteiger partial charge is 0.385 e. The van der Waals surface area contributed by atoms with E-state index in [9.17, 15) is 5.26 Å². The van der Waals surface area contributed by atoms with Crippen molar-refractivity contribution < 1.29 is 0 Å². The van der Waals surface area contributed by atoms with Crippen molar-refractivity contribution in [2.75, 3.05) is 0 Å². The molecule has 0 spiro atoms. The molecule has 3 nitrogen and oxygen atoms in total. The van der Waals surface area contributed by atoms with Gasteiger partial charge in [-0.1, -0.05) is 55.3 Å². The first kappa shape index (κ1) is 24.5. The van der Waals surface area contributed by atoms with Gasteiger partial charge in [-0.3, -0.25) is 4.98 Å². The summed E-state index contributed by atoms with van der Waals surface area (Å²) < 4.78 is 0.992. The van der Waals surface area contributed by atoms with Crippen molar-refractivity contribution in [3.8, 4) is 6.07 Å². The van der Waals surface area contributed by atoms with Gasteiger partial charge in [0, 0.05) is 45.0 Å². The number of nitriles is 1. The molecule has 1 saturated carbocycles. The number of benzene rings is 2. The van der Waals surface area contributed by atoms with E-state index in [1.807, 2.05) is 42.7 Å². The highest BCUT2D eigenvalue weighted by atomic mass is 79.9. The summed E-state index contributed by atoms with van der Waals surface area (Å²) in [5.41, 5.74) is 5.18. The molecule has 0 bridgehead atoms. The molecule has 3 aromatic rings.